The maximum atomic E-state index is 8.94. The van der Waals surface area contributed by atoms with Crippen molar-refractivity contribution in [2.75, 3.05) is 0 Å². The summed E-state index contributed by atoms with van der Waals surface area (Å²) in [5.41, 5.74) is 0.404. The van der Waals surface area contributed by atoms with Crippen molar-refractivity contribution in [2.45, 2.75) is 0 Å². The Hall–Kier alpha value is -1.20. The van der Waals surface area contributed by atoms with Gasteiger partial charge >= 0.3 is 0 Å². The van der Waals surface area contributed by atoms with Gasteiger partial charge in [0.05, 0.1) is 11.8 Å². The quantitative estimate of drug-likeness (QED) is 0.572. The molecule has 0 radical (unpaired) electrons. The maximum absolute atomic E-state index is 8.94. The lowest BCUT2D eigenvalue weighted by Gasteiger charge is -1.95. The molecule has 1 N–H and O–H groups in total. The number of hydrogen-bond acceptors (Lipinski definition) is 2. The molecule has 1 rings (SSSR count). The van der Waals surface area contributed by atoms with Crippen molar-refractivity contribution in [1.82, 2.24) is 4.98 Å². The van der Waals surface area contributed by atoms with Crippen LogP contribution < -0.4 is 0 Å². The Balaban J connectivity index is 3.31. The van der Waals surface area contributed by atoms with Gasteiger partial charge in [-0.05, 0) is 0 Å². The summed E-state index contributed by atoms with van der Waals surface area (Å²) in [5, 5.41) is 9.12. The second kappa shape index (κ2) is 2.59. The number of rotatable bonds is 0. The van der Waals surface area contributed by atoms with Crippen LogP contribution in [0.3, 0.4) is 0 Å². The third kappa shape index (κ3) is 1.04. The molecule has 0 atom stereocenters. The molecule has 10 heavy (non-hydrogen) atoms. The number of hydrogen-bond donors (Lipinski definition) is 1. The third-order valence-corrected chi connectivity index (χ3v) is 1.41. The molecule has 2 nitrogen and oxygen atoms in total. The molecule has 0 aliphatic rings. The van der Waals surface area contributed by atoms with Gasteiger partial charge < -0.3 is 5.11 Å². The van der Waals surface area contributed by atoms with E-state index in [0.717, 1.165) is 0 Å². The van der Waals surface area contributed by atoms with Gasteiger partial charge in [0.25, 0.3) is 0 Å². The van der Waals surface area contributed by atoms with Crippen LogP contribution in [0.15, 0.2) is 12.4 Å². The zero-order valence-corrected chi connectivity index (χ0v) is 5.76. The van der Waals surface area contributed by atoms with Gasteiger partial charge in [-0.15, -0.1) is 6.42 Å². The first-order chi connectivity index (χ1) is 4.75. The van der Waals surface area contributed by atoms with Crippen LogP contribution in [0.4, 0.5) is 0 Å². The van der Waals surface area contributed by atoms with E-state index < -0.39 is 0 Å². The minimum Gasteiger partial charge on any atom is -0.505 e. The van der Waals surface area contributed by atoms with Crippen molar-refractivity contribution in [3.8, 4) is 18.1 Å². The van der Waals surface area contributed by atoms with E-state index in [1.807, 2.05) is 0 Å². The molecule has 0 aliphatic heterocycles. The van der Waals surface area contributed by atoms with E-state index in [0.29, 0.717) is 5.56 Å². The summed E-state index contributed by atoms with van der Waals surface area (Å²) < 4.78 is 0. The summed E-state index contributed by atoms with van der Waals surface area (Å²) in [6, 6.07) is 0. The Morgan fingerprint density at radius 1 is 1.60 bits per heavy atom. The fraction of sp³-hybridized carbons (Fsp3) is 0. The SMILES string of the molecule is C#Cc1cncc(O)c1Cl. The van der Waals surface area contributed by atoms with Crippen LogP contribution in [0.25, 0.3) is 0 Å². The predicted molar refractivity (Wildman–Crippen MR) is 38.8 cm³/mol. The van der Waals surface area contributed by atoms with Gasteiger partial charge in [0.2, 0.25) is 0 Å². The molecular weight excluding hydrogens is 150 g/mol. The molecule has 0 bridgehead atoms. The molecule has 1 heterocycles. The summed E-state index contributed by atoms with van der Waals surface area (Å²) in [4.78, 5) is 3.64. The first-order valence-electron chi connectivity index (χ1n) is 2.55. The molecule has 0 saturated heterocycles. The zero-order chi connectivity index (χ0) is 7.56. The lowest BCUT2D eigenvalue weighted by Crippen LogP contribution is -1.79. The minimum atomic E-state index is -0.0860. The first-order valence-corrected chi connectivity index (χ1v) is 2.92. The average molecular weight is 154 g/mol. The Morgan fingerprint density at radius 3 is 2.80 bits per heavy atom. The lowest BCUT2D eigenvalue weighted by molar-refractivity contribution is 0.473. The second-order valence-corrected chi connectivity index (χ2v) is 2.04. The molecule has 0 saturated carbocycles. The number of nitrogens with zero attached hydrogens (tertiary/aromatic N) is 1. The molecule has 0 amide bonds. The van der Waals surface area contributed by atoms with Gasteiger partial charge in [0, 0.05) is 6.20 Å². The number of halogens is 1. The van der Waals surface area contributed by atoms with Crippen LogP contribution in [0, 0.1) is 12.3 Å². The molecule has 0 aliphatic carbocycles. The normalized spacial score (nSPS) is 8.80. The highest BCUT2D eigenvalue weighted by Crippen LogP contribution is 2.23. The second-order valence-electron chi connectivity index (χ2n) is 1.66. The molecule has 3 heteroatoms. The molecule has 0 unspecified atom stereocenters. The van der Waals surface area contributed by atoms with Crippen molar-refractivity contribution >= 4 is 11.6 Å². The standard InChI is InChI=1S/C7H4ClNO/c1-2-5-3-9-4-6(10)7(5)8/h1,3-4,10H. The van der Waals surface area contributed by atoms with Gasteiger partial charge in [-0.1, -0.05) is 17.5 Å². The Labute approximate surface area is 63.5 Å². The van der Waals surface area contributed by atoms with E-state index in [4.69, 9.17) is 23.1 Å². The summed E-state index contributed by atoms with van der Waals surface area (Å²) in [6.07, 6.45) is 7.69. The lowest BCUT2D eigenvalue weighted by atomic mass is 10.3. The molecule has 0 fully saturated rings. The van der Waals surface area contributed by atoms with E-state index in [-0.39, 0.29) is 10.8 Å². The molecule has 1 aromatic heterocycles. The van der Waals surface area contributed by atoms with Gasteiger partial charge in [-0.3, -0.25) is 4.98 Å². The highest BCUT2D eigenvalue weighted by Gasteiger charge is 2.01. The largest absolute Gasteiger partial charge is 0.505 e. The summed E-state index contributed by atoms with van der Waals surface area (Å²) in [5.74, 6) is 2.20. The van der Waals surface area contributed by atoms with Crippen LogP contribution in [-0.2, 0) is 0 Å². The number of aromatic hydroxyl groups is 1. The predicted octanol–water partition coefficient (Wildman–Crippen LogP) is 1.42. The average Bonchev–Trinajstić information content (AvgIpc) is 1.95. The number of terminal acetylenes is 1. The maximum Gasteiger partial charge on any atom is 0.153 e. The van der Waals surface area contributed by atoms with Crippen LogP contribution in [-0.4, -0.2) is 10.1 Å². The Morgan fingerprint density at radius 2 is 2.30 bits per heavy atom. The van der Waals surface area contributed by atoms with Crippen LogP contribution >= 0.6 is 11.6 Å². The number of aromatic nitrogens is 1. The van der Waals surface area contributed by atoms with E-state index >= 15 is 0 Å². The van der Waals surface area contributed by atoms with Gasteiger partial charge in [-0.2, -0.15) is 0 Å². The third-order valence-electron chi connectivity index (χ3n) is 1.02. The first kappa shape index (κ1) is 6.91. The van der Waals surface area contributed by atoms with Crippen LogP contribution in [0.2, 0.25) is 5.02 Å². The van der Waals surface area contributed by atoms with Crippen molar-refractivity contribution in [3.05, 3.63) is 23.0 Å². The number of pyridine rings is 1. The Kier molecular flexibility index (Phi) is 1.79. The highest BCUT2D eigenvalue weighted by molar-refractivity contribution is 6.33. The summed E-state index contributed by atoms with van der Waals surface area (Å²) in [6.45, 7) is 0. The van der Waals surface area contributed by atoms with Crippen molar-refractivity contribution < 1.29 is 5.11 Å². The smallest absolute Gasteiger partial charge is 0.153 e. The van der Waals surface area contributed by atoms with Gasteiger partial charge in [0.15, 0.2) is 5.75 Å². The van der Waals surface area contributed by atoms with Crippen molar-refractivity contribution in [3.63, 3.8) is 0 Å². The van der Waals surface area contributed by atoms with E-state index in [1.165, 1.54) is 12.4 Å². The zero-order valence-electron chi connectivity index (χ0n) is 5.00. The van der Waals surface area contributed by atoms with E-state index in [9.17, 15) is 0 Å². The molecule has 50 valence electrons. The van der Waals surface area contributed by atoms with Gasteiger partial charge in [-0.25, -0.2) is 0 Å². The minimum absolute atomic E-state index is 0.0860. The van der Waals surface area contributed by atoms with Crippen LogP contribution in [0.5, 0.6) is 5.75 Å². The summed E-state index contributed by atoms with van der Waals surface area (Å²) >= 11 is 5.56. The van der Waals surface area contributed by atoms with E-state index in [2.05, 4.69) is 10.9 Å². The van der Waals surface area contributed by atoms with Crippen LogP contribution in [0.1, 0.15) is 5.56 Å². The molecular formula is C7H4ClNO. The van der Waals surface area contributed by atoms with Crippen molar-refractivity contribution in [2.24, 2.45) is 0 Å². The molecule has 1 aromatic rings. The molecule has 0 spiro atoms. The summed E-state index contributed by atoms with van der Waals surface area (Å²) in [7, 11) is 0. The highest BCUT2D eigenvalue weighted by atomic mass is 35.5. The van der Waals surface area contributed by atoms with E-state index in [1.54, 1.807) is 0 Å². The molecule has 0 aromatic carbocycles. The monoisotopic (exact) mass is 153 g/mol. The van der Waals surface area contributed by atoms with Gasteiger partial charge in [0.1, 0.15) is 5.02 Å². The fourth-order valence-corrected chi connectivity index (χ4v) is 0.686. The Bertz CT molecular complexity index is 290. The van der Waals surface area contributed by atoms with Crippen molar-refractivity contribution in [1.29, 1.82) is 0 Å². The fourth-order valence-electron chi connectivity index (χ4n) is 0.534. The topological polar surface area (TPSA) is 33.1 Å².